The molecule has 0 aliphatic carbocycles. The highest BCUT2D eigenvalue weighted by Crippen LogP contribution is 2.38. The van der Waals surface area contributed by atoms with Gasteiger partial charge in [-0.15, -0.1) is 10.2 Å². The molecule has 1 atom stereocenters. The number of rotatable bonds is 6. The Labute approximate surface area is 186 Å². The molecule has 30 heavy (non-hydrogen) atoms. The maximum atomic E-state index is 12.9. The van der Waals surface area contributed by atoms with E-state index in [9.17, 15) is 9.59 Å². The topological polar surface area (TPSA) is 84.4 Å². The molecule has 1 aliphatic rings. The van der Waals surface area contributed by atoms with Crippen LogP contribution >= 0.6 is 34.7 Å². The van der Waals surface area contributed by atoms with E-state index in [1.54, 1.807) is 32.2 Å². The number of carbonyl (C=O) groups excluding carboxylic acids is 2. The van der Waals surface area contributed by atoms with E-state index in [0.717, 1.165) is 11.4 Å². The molecule has 1 aliphatic heterocycles. The molecule has 1 fully saturated rings. The molecule has 1 unspecified atom stereocenters. The van der Waals surface area contributed by atoms with E-state index in [-0.39, 0.29) is 18.2 Å². The predicted molar refractivity (Wildman–Crippen MR) is 119 cm³/mol. The first-order valence-electron chi connectivity index (χ1n) is 8.99. The highest BCUT2D eigenvalue weighted by molar-refractivity contribution is 8.02. The Bertz CT molecular complexity index is 1100. The van der Waals surface area contributed by atoms with Crippen molar-refractivity contribution in [3.63, 3.8) is 0 Å². The van der Waals surface area contributed by atoms with Gasteiger partial charge in [-0.3, -0.25) is 9.59 Å². The van der Waals surface area contributed by atoms with E-state index in [1.807, 2.05) is 24.3 Å². The Morgan fingerprint density at radius 1 is 1.20 bits per heavy atom. The molecule has 0 bridgehead atoms. The van der Waals surface area contributed by atoms with E-state index >= 15 is 0 Å². The number of imide groups is 1. The third kappa shape index (κ3) is 4.14. The van der Waals surface area contributed by atoms with E-state index in [1.165, 1.54) is 28.0 Å². The number of thioether (sulfide) groups is 1. The summed E-state index contributed by atoms with van der Waals surface area (Å²) in [6, 6.07) is 12.6. The standard InChI is InChI=1S/C20H17ClN4O3S2/c1-11-14(21)4-3-5-15(11)25-17(26)10-16(18(25)27)29-20-24-23-19(30-20)22-12-6-8-13(28-2)9-7-12/h3-9,16H,10H2,1-2H3,(H,22,23). The molecule has 2 aromatic carbocycles. The Morgan fingerprint density at radius 2 is 1.97 bits per heavy atom. The van der Waals surface area contributed by atoms with Gasteiger partial charge in [0.25, 0.3) is 0 Å². The van der Waals surface area contributed by atoms with Crippen LogP contribution in [0, 0.1) is 6.92 Å². The van der Waals surface area contributed by atoms with E-state index in [4.69, 9.17) is 16.3 Å². The number of halogens is 1. The average Bonchev–Trinajstić information content (AvgIpc) is 3.29. The minimum atomic E-state index is -0.544. The molecule has 1 saturated heterocycles. The monoisotopic (exact) mass is 460 g/mol. The summed E-state index contributed by atoms with van der Waals surface area (Å²) in [7, 11) is 1.61. The number of carbonyl (C=O) groups is 2. The summed E-state index contributed by atoms with van der Waals surface area (Å²) >= 11 is 8.73. The largest absolute Gasteiger partial charge is 0.497 e. The number of ether oxygens (including phenoxy) is 1. The number of hydrogen-bond acceptors (Lipinski definition) is 8. The fourth-order valence-electron chi connectivity index (χ4n) is 3.01. The fraction of sp³-hybridized carbons (Fsp3) is 0.200. The summed E-state index contributed by atoms with van der Waals surface area (Å²) in [4.78, 5) is 26.7. The van der Waals surface area contributed by atoms with Gasteiger partial charge in [-0.05, 0) is 48.9 Å². The second-order valence-electron chi connectivity index (χ2n) is 6.49. The first kappa shape index (κ1) is 20.6. The number of nitrogens with zero attached hydrogens (tertiary/aromatic N) is 3. The maximum Gasteiger partial charge on any atom is 0.247 e. The lowest BCUT2D eigenvalue weighted by Gasteiger charge is -2.17. The second-order valence-corrected chi connectivity index (χ2v) is 9.32. The Balaban J connectivity index is 1.45. The number of amides is 2. The summed E-state index contributed by atoms with van der Waals surface area (Å²) in [6.07, 6.45) is 0.107. The van der Waals surface area contributed by atoms with Crippen LogP contribution in [0.5, 0.6) is 5.75 Å². The molecule has 2 amide bonds. The number of benzene rings is 2. The van der Waals surface area contributed by atoms with Crippen LogP contribution in [-0.4, -0.2) is 34.4 Å². The summed E-state index contributed by atoms with van der Waals surface area (Å²) in [6.45, 7) is 1.79. The molecule has 0 radical (unpaired) electrons. The third-order valence-electron chi connectivity index (χ3n) is 4.58. The van der Waals surface area contributed by atoms with Crippen LogP contribution < -0.4 is 15.0 Å². The summed E-state index contributed by atoms with van der Waals surface area (Å²) in [5.41, 5.74) is 2.08. The molecular formula is C20H17ClN4O3S2. The van der Waals surface area contributed by atoms with Crippen molar-refractivity contribution >= 4 is 63.0 Å². The van der Waals surface area contributed by atoms with E-state index in [0.29, 0.717) is 25.7 Å². The lowest BCUT2D eigenvalue weighted by molar-refractivity contribution is -0.121. The van der Waals surface area contributed by atoms with E-state index in [2.05, 4.69) is 15.5 Å². The zero-order valence-electron chi connectivity index (χ0n) is 16.1. The van der Waals surface area contributed by atoms with Crippen LogP contribution in [0.1, 0.15) is 12.0 Å². The highest BCUT2D eigenvalue weighted by Gasteiger charge is 2.41. The summed E-state index contributed by atoms with van der Waals surface area (Å²) in [5.74, 6) is 0.247. The lowest BCUT2D eigenvalue weighted by atomic mass is 10.2. The number of anilines is 3. The van der Waals surface area contributed by atoms with Crippen LogP contribution in [0.15, 0.2) is 46.8 Å². The zero-order chi connectivity index (χ0) is 21.3. The van der Waals surface area contributed by atoms with Crippen LogP contribution in [-0.2, 0) is 9.59 Å². The van der Waals surface area contributed by atoms with Gasteiger partial charge >= 0.3 is 0 Å². The molecule has 1 N–H and O–H groups in total. The van der Waals surface area contributed by atoms with Gasteiger partial charge < -0.3 is 10.1 Å². The van der Waals surface area contributed by atoms with Crippen LogP contribution in [0.3, 0.4) is 0 Å². The van der Waals surface area contributed by atoms with Crippen molar-refractivity contribution in [3.05, 3.63) is 53.1 Å². The van der Waals surface area contributed by atoms with Gasteiger partial charge in [-0.25, -0.2) is 4.90 Å². The predicted octanol–water partition coefficient (Wildman–Crippen LogP) is 4.68. The van der Waals surface area contributed by atoms with Crippen LogP contribution in [0.4, 0.5) is 16.5 Å². The normalized spacial score (nSPS) is 16.2. The van der Waals surface area contributed by atoms with E-state index < -0.39 is 5.25 Å². The van der Waals surface area contributed by atoms with Crippen LogP contribution in [0.2, 0.25) is 5.02 Å². The molecule has 4 rings (SSSR count). The number of methoxy groups -OCH3 is 1. The minimum absolute atomic E-state index is 0.107. The Kier molecular flexibility index (Phi) is 5.94. The maximum absolute atomic E-state index is 12.9. The third-order valence-corrected chi connectivity index (χ3v) is 7.09. The minimum Gasteiger partial charge on any atom is -0.497 e. The zero-order valence-corrected chi connectivity index (χ0v) is 18.5. The number of hydrogen-bond donors (Lipinski definition) is 1. The van der Waals surface area contributed by atoms with Gasteiger partial charge in [-0.1, -0.05) is 40.8 Å². The molecule has 0 saturated carbocycles. The highest BCUT2D eigenvalue weighted by atomic mass is 35.5. The smallest absolute Gasteiger partial charge is 0.247 e. The number of nitrogens with one attached hydrogen (secondary N) is 1. The molecule has 154 valence electrons. The fourth-order valence-corrected chi connectivity index (χ4v) is 5.22. The second kappa shape index (κ2) is 8.63. The lowest BCUT2D eigenvalue weighted by Crippen LogP contribution is -2.31. The molecule has 10 heteroatoms. The molecule has 7 nitrogen and oxygen atoms in total. The first-order chi connectivity index (χ1) is 14.5. The van der Waals surface area contributed by atoms with Gasteiger partial charge in [0.1, 0.15) is 11.0 Å². The Morgan fingerprint density at radius 3 is 2.70 bits per heavy atom. The van der Waals surface area contributed by atoms with Crippen molar-refractivity contribution in [2.75, 3.05) is 17.3 Å². The van der Waals surface area contributed by atoms with Gasteiger partial charge in [0.05, 0.1) is 12.8 Å². The quantitative estimate of drug-likeness (QED) is 0.534. The Hall–Kier alpha value is -2.62. The van der Waals surface area contributed by atoms with Crippen LogP contribution in [0.25, 0.3) is 0 Å². The van der Waals surface area contributed by atoms with Gasteiger partial charge in [-0.2, -0.15) is 0 Å². The van der Waals surface area contributed by atoms with Crippen molar-refractivity contribution < 1.29 is 14.3 Å². The van der Waals surface area contributed by atoms with Crippen molar-refractivity contribution in [2.24, 2.45) is 0 Å². The average molecular weight is 461 g/mol. The number of aromatic nitrogens is 2. The summed E-state index contributed by atoms with van der Waals surface area (Å²) < 4.78 is 5.76. The molecule has 1 aromatic heterocycles. The van der Waals surface area contributed by atoms with Crippen molar-refractivity contribution in [2.45, 2.75) is 22.9 Å². The SMILES string of the molecule is COc1ccc(Nc2nnc(SC3CC(=O)N(c4cccc(Cl)c4C)C3=O)s2)cc1. The molecule has 0 spiro atoms. The van der Waals surface area contributed by atoms with Gasteiger partial charge in [0, 0.05) is 17.1 Å². The van der Waals surface area contributed by atoms with Gasteiger partial charge in [0.2, 0.25) is 16.9 Å². The van der Waals surface area contributed by atoms with Crippen molar-refractivity contribution in [1.82, 2.24) is 10.2 Å². The molecule has 2 heterocycles. The van der Waals surface area contributed by atoms with Gasteiger partial charge in [0.15, 0.2) is 4.34 Å². The van der Waals surface area contributed by atoms with Crippen molar-refractivity contribution in [3.8, 4) is 5.75 Å². The summed E-state index contributed by atoms with van der Waals surface area (Å²) in [5, 5.41) is 12.0. The van der Waals surface area contributed by atoms with Crippen molar-refractivity contribution in [1.29, 1.82) is 0 Å². The molecule has 3 aromatic rings. The first-order valence-corrected chi connectivity index (χ1v) is 11.1. The molecular weight excluding hydrogens is 444 g/mol.